The molecule has 11 heteroatoms. The zero-order valence-electron chi connectivity index (χ0n) is 18.9. The normalized spacial score (nSPS) is 18.2. The van der Waals surface area contributed by atoms with E-state index in [9.17, 15) is 22.0 Å². The summed E-state index contributed by atoms with van der Waals surface area (Å²) in [6.45, 7) is 6.20. The fourth-order valence-corrected chi connectivity index (χ4v) is 5.68. The number of hydrogen-bond donors (Lipinski definition) is 0. The van der Waals surface area contributed by atoms with Crippen molar-refractivity contribution in [3.63, 3.8) is 0 Å². The summed E-state index contributed by atoms with van der Waals surface area (Å²) in [6, 6.07) is 2.90. The van der Waals surface area contributed by atoms with Crippen molar-refractivity contribution in [2.45, 2.75) is 38.4 Å². The molecule has 2 aromatic rings. The molecule has 180 valence electrons. The van der Waals surface area contributed by atoms with Gasteiger partial charge in [-0.3, -0.25) is 4.79 Å². The third kappa shape index (κ3) is 4.74. The fraction of sp³-hybridized carbons (Fsp3) is 0.545. The van der Waals surface area contributed by atoms with Crippen molar-refractivity contribution < 1.29 is 17.2 Å². The Balaban J connectivity index is 1.71. The molecule has 2 saturated heterocycles. The highest BCUT2D eigenvalue weighted by Crippen LogP contribution is 2.29. The summed E-state index contributed by atoms with van der Waals surface area (Å²) >= 11 is 0. The molecule has 0 N–H and O–H groups in total. The van der Waals surface area contributed by atoms with Gasteiger partial charge in [0, 0.05) is 45.3 Å². The van der Waals surface area contributed by atoms with E-state index in [1.807, 2.05) is 9.80 Å². The molecule has 0 amide bonds. The minimum absolute atomic E-state index is 0.0233. The van der Waals surface area contributed by atoms with Crippen molar-refractivity contribution in [2.75, 3.05) is 49.1 Å². The Labute approximate surface area is 192 Å². The third-order valence-corrected chi connectivity index (χ3v) is 8.51. The number of piperidine rings is 1. The maximum atomic E-state index is 13.8. The molecule has 2 fully saturated rings. The number of hydrogen-bond acceptors (Lipinski definition) is 6. The molecule has 0 atom stereocenters. The van der Waals surface area contributed by atoms with E-state index in [0.717, 1.165) is 42.1 Å². The molecule has 1 aromatic heterocycles. The van der Waals surface area contributed by atoms with Crippen LogP contribution < -0.4 is 15.4 Å². The number of aromatic nitrogens is 2. The van der Waals surface area contributed by atoms with E-state index in [-0.39, 0.29) is 5.69 Å². The minimum atomic E-state index is -3.35. The topological polar surface area (TPSA) is 78.8 Å². The zero-order chi connectivity index (χ0) is 23.8. The summed E-state index contributed by atoms with van der Waals surface area (Å²) in [4.78, 5) is 17.5. The van der Waals surface area contributed by atoms with E-state index in [2.05, 4.69) is 5.10 Å². The molecule has 0 radical (unpaired) electrons. The Morgan fingerprint density at radius 1 is 0.879 bits per heavy atom. The van der Waals surface area contributed by atoms with Crippen molar-refractivity contribution in [1.29, 1.82) is 0 Å². The van der Waals surface area contributed by atoms with E-state index < -0.39 is 32.5 Å². The molecule has 3 heterocycles. The van der Waals surface area contributed by atoms with Crippen molar-refractivity contribution in [1.82, 2.24) is 14.1 Å². The van der Waals surface area contributed by atoms with Crippen LogP contribution in [0.4, 0.5) is 20.2 Å². The van der Waals surface area contributed by atoms with Crippen LogP contribution in [0.2, 0.25) is 0 Å². The van der Waals surface area contributed by atoms with Crippen LogP contribution in [0.25, 0.3) is 5.69 Å². The molecule has 33 heavy (non-hydrogen) atoms. The molecule has 2 aliphatic heterocycles. The van der Waals surface area contributed by atoms with Crippen LogP contribution in [0.5, 0.6) is 0 Å². The van der Waals surface area contributed by atoms with Crippen LogP contribution >= 0.6 is 0 Å². The molecule has 0 unspecified atom stereocenters. The number of nitrogens with zero attached hydrogens (tertiary/aromatic N) is 5. The minimum Gasteiger partial charge on any atom is -0.366 e. The number of halogens is 2. The van der Waals surface area contributed by atoms with Crippen LogP contribution in [0.1, 0.15) is 33.1 Å². The van der Waals surface area contributed by atoms with Gasteiger partial charge in [0.05, 0.1) is 22.8 Å². The Kier molecular flexibility index (Phi) is 6.71. The van der Waals surface area contributed by atoms with Crippen LogP contribution in [0.3, 0.4) is 0 Å². The summed E-state index contributed by atoms with van der Waals surface area (Å²) in [5.74, 6) is -1.57. The van der Waals surface area contributed by atoms with E-state index in [1.54, 1.807) is 20.0 Å². The molecule has 4 rings (SSSR count). The van der Waals surface area contributed by atoms with Crippen LogP contribution in [-0.2, 0) is 10.0 Å². The highest BCUT2D eigenvalue weighted by molar-refractivity contribution is 7.89. The largest absolute Gasteiger partial charge is 0.366 e. The lowest BCUT2D eigenvalue weighted by atomic mass is 10.1. The second-order valence-corrected chi connectivity index (χ2v) is 11.2. The average Bonchev–Trinajstić information content (AvgIpc) is 2.78. The molecular weight excluding hydrogens is 452 g/mol. The highest BCUT2D eigenvalue weighted by atomic mass is 32.2. The van der Waals surface area contributed by atoms with E-state index in [4.69, 9.17) is 0 Å². The third-order valence-electron chi connectivity index (χ3n) is 6.23. The average molecular weight is 482 g/mol. The molecule has 0 saturated carbocycles. The van der Waals surface area contributed by atoms with Gasteiger partial charge in [0.15, 0.2) is 0 Å². The Morgan fingerprint density at radius 2 is 1.48 bits per heavy atom. The maximum absolute atomic E-state index is 13.8. The first-order valence-electron chi connectivity index (χ1n) is 11.3. The van der Waals surface area contributed by atoms with E-state index in [1.165, 1.54) is 4.31 Å². The first-order chi connectivity index (χ1) is 15.7. The predicted molar refractivity (Wildman–Crippen MR) is 124 cm³/mol. The molecule has 8 nitrogen and oxygen atoms in total. The Morgan fingerprint density at radius 3 is 2.06 bits per heavy atom. The number of anilines is 2. The maximum Gasteiger partial charge on any atom is 0.297 e. The smallest absolute Gasteiger partial charge is 0.297 e. The van der Waals surface area contributed by atoms with Gasteiger partial charge in [-0.2, -0.15) is 14.1 Å². The second kappa shape index (κ2) is 9.38. The van der Waals surface area contributed by atoms with Gasteiger partial charge >= 0.3 is 0 Å². The van der Waals surface area contributed by atoms with Crippen LogP contribution in [0.15, 0.2) is 29.2 Å². The summed E-state index contributed by atoms with van der Waals surface area (Å²) in [5, 5.41) is 3.73. The molecule has 0 spiro atoms. The Bertz CT molecular complexity index is 1150. The summed E-state index contributed by atoms with van der Waals surface area (Å²) in [6.07, 6.45) is 4.50. The van der Waals surface area contributed by atoms with E-state index >= 15 is 0 Å². The van der Waals surface area contributed by atoms with Crippen molar-refractivity contribution >= 4 is 21.4 Å². The van der Waals surface area contributed by atoms with Gasteiger partial charge in [0.2, 0.25) is 10.0 Å². The van der Waals surface area contributed by atoms with Gasteiger partial charge in [0.25, 0.3) is 5.56 Å². The van der Waals surface area contributed by atoms with Gasteiger partial charge < -0.3 is 9.80 Å². The Hall–Kier alpha value is -2.53. The van der Waals surface area contributed by atoms with Gasteiger partial charge in [-0.25, -0.2) is 17.2 Å². The first kappa shape index (κ1) is 23.6. The molecule has 0 aliphatic carbocycles. The number of sulfonamides is 1. The lowest BCUT2D eigenvalue weighted by Crippen LogP contribution is -2.51. The molecular formula is C22H29F2N5O3S. The summed E-state index contributed by atoms with van der Waals surface area (Å²) in [7, 11) is -3.35. The molecule has 1 aromatic carbocycles. The van der Waals surface area contributed by atoms with E-state index in [0.29, 0.717) is 50.6 Å². The van der Waals surface area contributed by atoms with Crippen molar-refractivity contribution in [3.05, 3.63) is 46.4 Å². The zero-order valence-corrected chi connectivity index (χ0v) is 19.7. The second-order valence-electron chi connectivity index (χ2n) is 8.75. The molecule has 0 bridgehead atoms. The van der Waals surface area contributed by atoms with Gasteiger partial charge in [-0.05, 0) is 45.2 Å². The number of benzene rings is 1. The van der Waals surface area contributed by atoms with Gasteiger partial charge in [0.1, 0.15) is 17.3 Å². The number of piperazine rings is 1. The lowest BCUT2D eigenvalue weighted by molar-refractivity contribution is 0.380. The van der Waals surface area contributed by atoms with Gasteiger partial charge in [-0.15, -0.1) is 0 Å². The summed E-state index contributed by atoms with van der Waals surface area (Å²) in [5.41, 5.74) is 0.637. The predicted octanol–water partition coefficient (Wildman–Crippen LogP) is 2.36. The van der Waals surface area contributed by atoms with Crippen molar-refractivity contribution in [2.24, 2.45) is 0 Å². The fourth-order valence-electron chi connectivity index (χ4n) is 4.41. The van der Waals surface area contributed by atoms with Crippen LogP contribution in [0, 0.1) is 11.6 Å². The number of rotatable bonds is 5. The quantitative estimate of drug-likeness (QED) is 0.653. The van der Waals surface area contributed by atoms with Crippen molar-refractivity contribution in [3.8, 4) is 5.69 Å². The SMILES string of the molecule is CC(C)S(=O)(=O)N1CCN(c2cnn(-c3cc(F)cc(F)c3)c(=O)c2N2CCCCC2)CC1. The lowest BCUT2D eigenvalue weighted by Gasteiger charge is -2.38. The standard InChI is InChI=1S/C22H29F2N5O3S/c1-16(2)33(31,32)28-10-8-26(9-11-28)20-15-25-29(19-13-17(23)12-18(24)14-19)22(30)21(20)27-6-4-3-5-7-27/h12-16H,3-11H2,1-2H3. The van der Waals surface area contributed by atoms with Gasteiger partial charge in [-0.1, -0.05) is 0 Å². The first-order valence-corrected chi connectivity index (χ1v) is 12.8. The van der Waals surface area contributed by atoms with Crippen LogP contribution in [-0.4, -0.2) is 67.0 Å². The summed E-state index contributed by atoms with van der Waals surface area (Å²) < 4.78 is 55.2. The highest BCUT2D eigenvalue weighted by Gasteiger charge is 2.32. The monoisotopic (exact) mass is 481 g/mol. The molecule has 2 aliphatic rings.